The van der Waals surface area contributed by atoms with Gasteiger partial charge in [0.1, 0.15) is 17.4 Å². The molecule has 2 aromatic heterocycles. The molecule has 0 saturated heterocycles. The summed E-state index contributed by atoms with van der Waals surface area (Å²) in [6.07, 6.45) is 3.16. The van der Waals surface area contributed by atoms with Gasteiger partial charge in [0, 0.05) is 5.39 Å². The molecule has 0 saturated carbocycles. The number of hydrogen-bond acceptors (Lipinski definition) is 3. The molecular weight excluding hydrogens is 252 g/mol. The lowest BCUT2D eigenvalue weighted by molar-refractivity contribution is 0.604. The van der Waals surface area contributed by atoms with E-state index in [2.05, 4.69) is 0 Å². The average Bonchev–Trinajstić information content (AvgIpc) is 2.95. The van der Waals surface area contributed by atoms with Gasteiger partial charge in [-0.25, -0.2) is 0 Å². The van der Waals surface area contributed by atoms with E-state index in [1.807, 2.05) is 36.4 Å². The topological polar surface area (TPSA) is 43.4 Å². The summed E-state index contributed by atoms with van der Waals surface area (Å²) in [7, 11) is 0. The summed E-state index contributed by atoms with van der Waals surface area (Å²) in [5.74, 6) is 0. The number of fused-ring (bicyclic) bond motifs is 2. The van der Waals surface area contributed by atoms with E-state index in [1.54, 1.807) is 18.4 Å². The van der Waals surface area contributed by atoms with Crippen molar-refractivity contribution in [3.8, 4) is 11.1 Å². The van der Waals surface area contributed by atoms with E-state index < -0.39 is 0 Å². The lowest BCUT2D eigenvalue weighted by atomic mass is 10.0. The van der Waals surface area contributed by atoms with E-state index in [-0.39, 0.29) is 5.43 Å². The molecule has 0 unspecified atom stereocenters. The Bertz CT molecular complexity index is 976. The first-order valence-corrected chi connectivity index (χ1v) is 6.31. The van der Waals surface area contributed by atoms with Crippen molar-refractivity contribution in [2.75, 3.05) is 0 Å². The first-order chi connectivity index (χ1) is 9.83. The predicted molar refractivity (Wildman–Crippen MR) is 77.7 cm³/mol. The van der Waals surface area contributed by atoms with Crippen molar-refractivity contribution in [3.05, 3.63) is 71.3 Å². The van der Waals surface area contributed by atoms with Crippen LogP contribution in [0.15, 0.2) is 74.7 Å². The molecule has 0 atom stereocenters. The number of benzene rings is 2. The average molecular weight is 262 g/mol. The second kappa shape index (κ2) is 4.10. The maximum Gasteiger partial charge on any atom is 0.200 e. The second-order valence-electron chi connectivity index (χ2n) is 4.65. The SMILES string of the molecule is O=c1c(-c2ccc3occc3c2)coc2ccccc12. The van der Waals surface area contributed by atoms with Crippen molar-refractivity contribution in [1.82, 2.24) is 0 Å². The lowest BCUT2D eigenvalue weighted by Gasteiger charge is -2.02. The van der Waals surface area contributed by atoms with Crippen molar-refractivity contribution in [2.24, 2.45) is 0 Å². The number of hydrogen-bond donors (Lipinski definition) is 0. The summed E-state index contributed by atoms with van der Waals surface area (Å²) in [6.45, 7) is 0. The van der Waals surface area contributed by atoms with E-state index in [4.69, 9.17) is 8.83 Å². The molecule has 20 heavy (non-hydrogen) atoms. The van der Waals surface area contributed by atoms with E-state index in [9.17, 15) is 4.79 Å². The molecule has 3 heteroatoms. The zero-order valence-electron chi connectivity index (χ0n) is 10.5. The minimum atomic E-state index is -0.0188. The van der Waals surface area contributed by atoms with Crippen LogP contribution in [-0.2, 0) is 0 Å². The Morgan fingerprint density at radius 3 is 2.70 bits per heavy atom. The van der Waals surface area contributed by atoms with Gasteiger partial charge < -0.3 is 8.83 Å². The van der Waals surface area contributed by atoms with Crippen LogP contribution in [0.25, 0.3) is 33.1 Å². The highest BCUT2D eigenvalue weighted by atomic mass is 16.3. The molecular formula is C17H10O3. The van der Waals surface area contributed by atoms with E-state index >= 15 is 0 Å². The van der Waals surface area contributed by atoms with Crippen molar-refractivity contribution in [1.29, 1.82) is 0 Å². The molecule has 0 aliphatic heterocycles. The first-order valence-electron chi connectivity index (χ1n) is 6.31. The number of para-hydroxylation sites is 1. The summed E-state index contributed by atoms with van der Waals surface area (Å²) < 4.78 is 10.9. The van der Waals surface area contributed by atoms with Crippen molar-refractivity contribution < 1.29 is 8.83 Å². The van der Waals surface area contributed by atoms with Gasteiger partial charge in [-0.3, -0.25) is 4.79 Å². The van der Waals surface area contributed by atoms with Gasteiger partial charge in [0.15, 0.2) is 5.43 Å². The maximum absolute atomic E-state index is 12.5. The van der Waals surface area contributed by atoms with Crippen LogP contribution >= 0.6 is 0 Å². The maximum atomic E-state index is 12.5. The third-order valence-corrected chi connectivity index (χ3v) is 3.44. The minimum Gasteiger partial charge on any atom is -0.464 e. The first kappa shape index (κ1) is 11.1. The Labute approximate surface area is 114 Å². The van der Waals surface area contributed by atoms with Gasteiger partial charge in [0.05, 0.1) is 17.2 Å². The molecule has 0 aliphatic rings. The van der Waals surface area contributed by atoms with Gasteiger partial charge in [-0.15, -0.1) is 0 Å². The van der Waals surface area contributed by atoms with Gasteiger partial charge in [0.2, 0.25) is 0 Å². The molecule has 0 amide bonds. The molecule has 2 heterocycles. The Kier molecular flexibility index (Phi) is 2.27. The fourth-order valence-electron chi connectivity index (χ4n) is 2.41. The standard InChI is InChI=1S/C17H10O3/c18-17-13-3-1-2-4-16(13)20-10-14(17)11-5-6-15-12(9-11)7-8-19-15/h1-10H. The largest absolute Gasteiger partial charge is 0.464 e. The van der Waals surface area contributed by atoms with Crippen LogP contribution < -0.4 is 5.43 Å². The van der Waals surface area contributed by atoms with Gasteiger partial charge in [-0.05, 0) is 35.9 Å². The zero-order valence-corrected chi connectivity index (χ0v) is 10.5. The molecule has 3 nitrogen and oxygen atoms in total. The highest BCUT2D eigenvalue weighted by Crippen LogP contribution is 2.24. The molecule has 0 radical (unpaired) electrons. The van der Waals surface area contributed by atoms with E-state index in [1.165, 1.54) is 6.26 Å². The Morgan fingerprint density at radius 1 is 0.850 bits per heavy atom. The van der Waals surface area contributed by atoms with Crippen LogP contribution in [0.2, 0.25) is 0 Å². The monoisotopic (exact) mass is 262 g/mol. The Morgan fingerprint density at radius 2 is 1.75 bits per heavy atom. The van der Waals surface area contributed by atoms with Crippen molar-refractivity contribution in [3.63, 3.8) is 0 Å². The van der Waals surface area contributed by atoms with Crippen LogP contribution in [0, 0.1) is 0 Å². The highest BCUT2D eigenvalue weighted by molar-refractivity contribution is 5.86. The molecule has 4 aromatic rings. The van der Waals surface area contributed by atoms with Crippen molar-refractivity contribution in [2.45, 2.75) is 0 Å². The van der Waals surface area contributed by atoms with Gasteiger partial charge in [0.25, 0.3) is 0 Å². The quantitative estimate of drug-likeness (QED) is 0.516. The molecule has 4 rings (SSSR count). The molecule has 2 aromatic carbocycles. The third kappa shape index (κ3) is 1.57. The van der Waals surface area contributed by atoms with Crippen LogP contribution in [0.4, 0.5) is 0 Å². The van der Waals surface area contributed by atoms with Crippen LogP contribution in [0.5, 0.6) is 0 Å². The molecule has 0 N–H and O–H groups in total. The molecule has 96 valence electrons. The molecule has 0 spiro atoms. The fourth-order valence-corrected chi connectivity index (χ4v) is 2.41. The lowest BCUT2D eigenvalue weighted by Crippen LogP contribution is -2.04. The van der Waals surface area contributed by atoms with Crippen LogP contribution in [-0.4, -0.2) is 0 Å². The smallest absolute Gasteiger partial charge is 0.200 e. The zero-order chi connectivity index (χ0) is 13.5. The number of rotatable bonds is 1. The predicted octanol–water partition coefficient (Wildman–Crippen LogP) is 4.21. The van der Waals surface area contributed by atoms with Crippen LogP contribution in [0.3, 0.4) is 0 Å². The number of furan rings is 1. The Balaban J connectivity index is 2.01. The summed E-state index contributed by atoms with van der Waals surface area (Å²) in [4.78, 5) is 12.5. The van der Waals surface area contributed by atoms with Gasteiger partial charge in [-0.2, -0.15) is 0 Å². The Hall–Kier alpha value is -2.81. The van der Waals surface area contributed by atoms with Crippen molar-refractivity contribution >= 4 is 21.9 Å². The second-order valence-corrected chi connectivity index (χ2v) is 4.65. The molecule has 0 bridgehead atoms. The van der Waals surface area contributed by atoms with E-state index in [0.717, 1.165) is 16.5 Å². The summed E-state index contributed by atoms with van der Waals surface area (Å²) in [5, 5.41) is 1.56. The molecule has 0 aliphatic carbocycles. The minimum absolute atomic E-state index is 0.0188. The summed E-state index contributed by atoms with van der Waals surface area (Å²) >= 11 is 0. The van der Waals surface area contributed by atoms with E-state index in [0.29, 0.717) is 16.5 Å². The van der Waals surface area contributed by atoms with Gasteiger partial charge in [-0.1, -0.05) is 18.2 Å². The highest BCUT2D eigenvalue weighted by Gasteiger charge is 2.09. The third-order valence-electron chi connectivity index (χ3n) is 3.44. The summed E-state index contributed by atoms with van der Waals surface area (Å²) in [5.41, 5.74) is 2.78. The fraction of sp³-hybridized carbons (Fsp3) is 0. The van der Waals surface area contributed by atoms with Crippen LogP contribution in [0.1, 0.15) is 0 Å². The van der Waals surface area contributed by atoms with Gasteiger partial charge >= 0.3 is 0 Å². The summed E-state index contributed by atoms with van der Waals surface area (Å²) in [6, 6.07) is 14.8. The normalized spacial score (nSPS) is 11.2. The molecule has 0 fully saturated rings.